The molecule has 1 saturated heterocycles. The lowest BCUT2D eigenvalue weighted by atomic mass is 10.0. The van der Waals surface area contributed by atoms with Crippen LogP contribution in [0.1, 0.15) is 29.2 Å². The van der Waals surface area contributed by atoms with Gasteiger partial charge in [-0.15, -0.1) is 0 Å². The molecule has 0 aromatic heterocycles. The number of benzene rings is 3. The Balaban J connectivity index is 1.22. The maximum absolute atomic E-state index is 12.5. The van der Waals surface area contributed by atoms with Gasteiger partial charge in [0.15, 0.2) is 0 Å². The SMILES string of the molecule is CN(C)c1ccc(/C=N/NC(=O)C2CC(c3ccc(OCCc4ccccc4)cc3)NN2)cc1. The lowest BCUT2D eigenvalue weighted by molar-refractivity contribution is -0.122. The quantitative estimate of drug-likeness (QED) is 0.339. The number of nitrogens with zero attached hydrogens (tertiary/aromatic N) is 2. The third kappa shape index (κ3) is 6.43. The molecule has 0 radical (unpaired) electrons. The highest BCUT2D eigenvalue weighted by atomic mass is 16.5. The van der Waals surface area contributed by atoms with E-state index in [-0.39, 0.29) is 18.0 Å². The van der Waals surface area contributed by atoms with Crippen LogP contribution in [-0.4, -0.2) is 38.9 Å². The van der Waals surface area contributed by atoms with E-state index in [1.165, 1.54) is 5.56 Å². The second kappa shape index (κ2) is 11.4. The topological polar surface area (TPSA) is 78.0 Å². The first-order chi connectivity index (χ1) is 16.6. The molecule has 2 unspecified atom stereocenters. The van der Waals surface area contributed by atoms with Gasteiger partial charge in [0.25, 0.3) is 5.91 Å². The van der Waals surface area contributed by atoms with Gasteiger partial charge in [0, 0.05) is 32.2 Å². The lowest BCUT2D eigenvalue weighted by Crippen LogP contribution is -2.41. The number of hydrazone groups is 1. The Labute approximate surface area is 200 Å². The summed E-state index contributed by atoms with van der Waals surface area (Å²) in [6.07, 6.45) is 3.15. The van der Waals surface area contributed by atoms with Crippen molar-refractivity contribution in [3.05, 3.63) is 95.6 Å². The van der Waals surface area contributed by atoms with Crippen LogP contribution >= 0.6 is 0 Å². The molecule has 1 aliphatic rings. The fourth-order valence-electron chi connectivity index (χ4n) is 3.78. The van der Waals surface area contributed by atoms with Crippen molar-refractivity contribution in [3.63, 3.8) is 0 Å². The number of hydrazine groups is 1. The van der Waals surface area contributed by atoms with Crippen molar-refractivity contribution < 1.29 is 9.53 Å². The Bertz CT molecular complexity index is 1080. The minimum absolute atomic E-state index is 0.0386. The van der Waals surface area contributed by atoms with Crippen LogP contribution in [0.15, 0.2) is 84.0 Å². The van der Waals surface area contributed by atoms with E-state index in [4.69, 9.17) is 4.74 Å². The van der Waals surface area contributed by atoms with Crippen molar-refractivity contribution in [2.75, 3.05) is 25.6 Å². The molecule has 7 heteroatoms. The number of ether oxygens (including phenoxy) is 1. The molecule has 0 spiro atoms. The third-order valence-electron chi connectivity index (χ3n) is 5.80. The molecule has 1 aliphatic heterocycles. The van der Waals surface area contributed by atoms with Crippen molar-refractivity contribution in [2.45, 2.75) is 24.9 Å². The molecule has 3 aromatic rings. The summed E-state index contributed by atoms with van der Waals surface area (Å²) >= 11 is 0. The number of amides is 1. The van der Waals surface area contributed by atoms with Crippen molar-refractivity contribution >= 4 is 17.8 Å². The minimum Gasteiger partial charge on any atom is -0.493 e. The van der Waals surface area contributed by atoms with Crippen LogP contribution in [0.3, 0.4) is 0 Å². The zero-order chi connectivity index (χ0) is 23.8. The van der Waals surface area contributed by atoms with Crippen molar-refractivity contribution in [1.29, 1.82) is 0 Å². The Kier molecular flexibility index (Phi) is 7.91. The van der Waals surface area contributed by atoms with Crippen LogP contribution < -0.4 is 25.9 Å². The predicted molar refractivity (Wildman–Crippen MR) is 136 cm³/mol. The molecule has 3 aromatic carbocycles. The monoisotopic (exact) mass is 457 g/mol. The molecule has 1 heterocycles. The van der Waals surface area contributed by atoms with Gasteiger partial charge in [0.1, 0.15) is 11.8 Å². The molecule has 4 rings (SSSR count). The molecule has 176 valence electrons. The van der Waals surface area contributed by atoms with Gasteiger partial charge in [-0.2, -0.15) is 5.10 Å². The fourth-order valence-corrected chi connectivity index (χ4v) is 3.78. The Hall–Kier alpha value is -3.68. The predicted octanol–water partition coefficient (Wildman–Crippen LogP) is 3.43. The number of nitrogens with one attached hydrogen (secondary N) is 3. The molecule has 3 N–H and O–H groups in total. The van der Waals surface area contributed by atoms with Crippen molar-refractivity contribution in [2.24, 2.45) is 5.10 Å². The van der Waals surface area contributed by atoms with Crippen LogP contribution in [0.5, 0.6) is 5.75 Å². The summed E-state index contributed by atoms with van der Waals surface area (Å²) in [4.78, 5) is 14.5. The highest BCUT2D eigenvalue weighted by molar-refractivity contribution is 5.85. The average molecular weight is 458 g/mol. The second-order valence-electron chi connectivity index (χ2n) is 8.50. The fraction of sp³-hybridized carbons (Fsp3) is 0.259. The first-order valence-electron chi connectivity index (χ1n) is 11.5. The van der Waals surface area contributed by atoms with E-state index in [1.54, 1.807) is 6.21 Å². The summed E-state index contributed by atoms with van der Waals surface area (Å²) in [5.41, 5.74) is 13.3. The number of carbonyl (C=O) groups excluding carboxylic acids is 1. The first-order valence-corrected chi connectivity index (χ1v) is 11.5. The van der Waals surface area contributed by atoms with E-state index in [2.05, 4.69) is 33.5 Å². The van der Waals surface area contributed by atoms with Gasteiger partial charge < -0.3 is 9.64 Å². The summed E-state index contributed by atoms with van der Waals surface area (Å²) < 4.78 is 5.87. The lowest BCUT2D eigenvalue weighted by Gasteiger charge is -2.12. The third-order valence-corrected chi connectivity index (χ3v) is 5.80. The van der Waals surface area contributed by atoms with E-state index in [9.17, 15) is 4.79 Å². The van der Waals surface area contributed by atoms with Gasteiger partial charge in [-0.05, 0) is 47.4 Å². The van der Waals surface area contributed by atoms with Gasteiger partial charge in [-0.25, -0.2) is 16.3 Å². The van der Waals surface area contributed by atoms with E-state index in [1.807, 2.05) is 85.7 Å². The van der Waals surface area contributed by atoms with Crippen LogP contribution in [0.4, 0.5) is 5.69 Å². The molecule has 1 fully saturated rings. The van der Waals surface area contributed by atoms with Gasteiger partial charge in [-0.1, -0.05) is 54.6 Å². The molecule has 7 nitrogen and oxygen atoms in total. The van der Waals surface area contributed by atoms with Gasteiger partial charge >= 0.3 is 0 Å². The zero-order valence-corrected chi connectivity index (χ0v) is 19.6. The average Bonchev–Trinajstić information content (AvgIpc) is 3.36. The van der Waals surface area contributed by atoms with Crippen LogP contribution in [0.25, 0.3) is 0 Å². The molecule has 34 heavy (non-hydrogen) atoms. The Morgan fingerprint density at radius 3 is 2.47 bits per heavy atom. The number of hydrogen-bond acceptors (Lipinski definition) is 6. The van der Waals surface area contributed by atoms with E-state index < -0.39 is 0 Å². The first kappa shape index (κ1) is 23.5. The van der Waals surface area contributed by atoms with E-state index in [0.717, 1.165) is 29.0 Å². The largest absolute Gasteiger partial charge is 0.493 e. The summed E-state index contributed by atoms with van der Waals surface area (Å²) in [5.74, 6) is 0.671. The van der Waals surface area contributed by atoms with E-state index in [0.29, 0.717) is 13.0 Å². The molecule has 2 atom stereocenters. The Morgan fingerprint density at radius 1 is 1.03 bits per heavy atom. The van der Waals surface area contributed by atoms with Gasteiger partial charge in [0.05, 0.1) is 12.8 Å². The summed E-state index contributed by atoms with van der Waals surface area (Å²) in [7, 11) is 3.99. The molecule has 0 bridgehead atoms. The van der Waals surface area contributed by atoms with Crippen LogP contribution in [0, 0.1) is 0 Å². The number of anilines is 1. The molecule has 0 aliphatic carbocycles. The smallest absolute Gasteiger partial charge is 0.258 e. The number of rotatable bonds is 9. The molecule has 1 amide bonds. The summed E-state index contributed by atoms with van der Waals surface area (Å²) in [6, 6.07) is 25.9. The van der Waals surface area contributed by atoms with Crippen molar-refractivity contribution in [1.82, 2.24) is 16.3 Å². The minimum atomic E-state index is -0.361. The molecular formula is C27H31N5O2. The van der Waals surface area contributed by atoms with Crippen molar-refractivity contribution in [3.8, 4) is 5.75 Å². The number of hydrogen-bond donors (Lipinski definition) is 3. The Morgan fingerprint density at radius 2 is 1.76 bits per heavy atom. The van der Waals surface area contributed by atoms with Gasteiger partial charge in [0.2, 0.25) is 0 Å². The standard InChI is InChI=1S/C27H31N5O2/c1-32(2)23-12-8-21(9-13-23)19-28-31-27(33)26-18-25(29-30-26)22-10-14-24(15-11-22)34-17-16-20-6-4-3-5-7-20/h3-15,19,25-26,29-30H,16-18H2,1-2H3,(H,31,33)/b28-19+. The zero-order valence-electron chi connectivity index (χ0n) is 19.6. The summed E-state index contributed by atoms with van der Waals surface area (Å²) in [5, 5.41) is 4.10. The normalized spacial score (nSPS) is 17.6. The second-order valence-corrected chi connectivity index (χ2v) is 8.50. The highest BCUT2D eigenvalue weighted by Gasteiger charge is 2.30. The van der Waals surface area contributed by atoms with Crippen LogP contribution in [0.2, 0.25) is 0 Å². The maximum atomic E-state index is 12.5. The number of carbonyl (C=O) groups is 1. The molecule has 0 saturated carbocycles. The maximum Gasteiger partial charge on any atom is 0.258 e. The van der Waals surface area contributed by atoms with Crippen LogP contribution in [-0.2, 0) is 11.2 Å². The molecular weight excluding hydrogens is 426 g/mol. The highest BCUT2D eigenvalue weighted by Crippen LogP contribution is 2.24. The van der Waals surface area contributed by atoms with Gasteiger partial charge in [-0.3, -0.25) is 4.79 Å². The summed E-state index contributed by atoms with van der Waals surface area (Å²) in [6.45, 7) is 0.634. The van der Waals surface area contributed by atoms with E-state index >= 15 is 0 Å².